The Morgan fingerprint density at radius 3 is 2.44 bits per heavy atom. The molecule has 2 heteroatoms. The molecule has 2 unspecified atom stereocenters. The lowest BCUT2D eigenvalue weighted by Crippen LogP contribution is -2.41. The van der Waals surface area contributed by atoms with Gasteiger partial charge in [-0.05, 0) is 50.2 Å². The Labute approximate surface area is 102 Å². The van der Waals surface area contributed by atoms with Crippen LogP contribution in [0.3, 0.4) is 0 Å². The highest BCUT2D eigenvalue weighted by Crippen LogP contribution is 2.30. The fourth-order valence-corrected chi connectivity index (χ4v) is 2.81. The number of nitrogens with zero attached hydrogens (tertiary/aromatic N) is 1. The highest BCUT2D eigenvalue weighted by atomic mass is 15.2. The van der Waals surface area contributed by atoms with Crippen molar-refractivity contribution in [2.45, 2.75) is 59.4 Å². The molecular formula is C14H30N2. The van der Waals surface area contributed by atoms with Gasteiger partial charge in [0.1, 0.15) is 0 Å². The first kappa shape index (κ1) is 14.0. The SMILES string of the molecule is CCN(CCC(C)(C)C)C1CCCC1CN. The van der Waals surface area contributed by atoms with E-state index in [-0.39, 0.29) is 0 Å². The molecule has 1 rings (SSSR count). The molecule has 0 heterocycles. The van der Waals surface area contributed by atoms with Crippen LogP contribution in [-0.4, -0.2) is 30.6 Å². The van der Waals surface area contributed by atoms with E-state index in [4.69, 9.17) is 5.73 Å². The highest BCUT2D eigenvalue weighted by molar-refractivity contribution is 4.86. The maximum absolute atomic E-state index is 5.87. The summed E-state index contributed by atoms with van der Waals surface area (Å²) in [7, 11) is 0. The molecule has 0 aromatic rings. The Morgan fingerprint density at radius 2 is 1.94 bits per heavy atom. The lowest BCUT2D eigenvalue weighted by atomic mass is 9.91. The summed E-state index contributed by atoms with van der Waals surface area (Å²) >= 11 is 0. The Morgan fingerprint density at radius 1 is 1.25 bits per heavy atom. The van der Waals surface area contributed by atoms with E-state index in [0.717, 1.165) is 18.5 Å². The smallest absolute Gasteiger partial charge is 0.0135 e. The maximum Gasteiger partial charge on any atom is 0.0135 e. The van der Waals surface area contributed by atoms with Crippen molar-refractivity contribution >= 4 is 0 Å². The van der Waals surface area contributed by atoms with Crippen molar-refractivity contribution < 1.29 is 0 Å². The zero-order chi connectivity index (χ0) is 12.2. The number of nitrogens with two attached hydrogens (primary N) is 1. The van der Waals surface area contributed by atoms with Crippen LogP contribution in [0, 0.1) is 11.3 Å². The van der Waals surface area contributed by atoms with Crippen molar-refractivity contribution in [1.82, 2.24) is 4.90 Å². The van der Waals surface area contributed by atoms with Crippen LogP contribution in [0.25, 0.3) is 0 Å². The number of hydrogen-bond donors (Lipinski definition) is 1. The van der Waals surface area contributed by atoms with Gasteiger partial charge in [0.25, 0.3) is 0 Å². The van der Waals surface area contributed by atoms with Gasteiger partial charge in [-0.25, -0.2) is 0 Å². The van der Waals surface area contributed by atoms with Crippen LogP contribution in [-0.2, 0) is 0 Å². The van der Waals surface area contributed by atoms with E-state index in [1.807, 2.05) is 0 Å². The molecule has 1 aliphatic rings. The molecule has 1 saturated carbocycles. The summed E-state index contributed by atoms with van der Waals surface area (Å²) in [6.45, 7) is 12.6. The average molecular weight is 226 g/mol. The molecular weight excluding hydrogens is 196 g/mol. The van der Waals surface area contributed by atoms with E-state index in [0.29, 0.717) is 5.41 Å². The van der Waals surface area contributed by atoms with E-state index in [2.05, 4.69) is 32.6 Å². The number of hydrogen-bond acceptors (Lipinski definition) is 2. The lowest BCUT2D eigenvalue weighted by molar-refractivity contribution is 0.149. The van der Waals surface area contributed by atoms with Gasteiger partial charge in [0.15, 0.2) is 0 Å². The van der Waals surface area contributed by atoms with Crippen LogP contribution >= 0.6 is 0 Å². The molecule has 0 amide bonds. The zero-order valence-corrected chi connectivity index (χ0v) is 11.6. The van der Waals surface area contributed by atoms with Crippen molar-refractivity contribution in [2.75, 3.05) is 19.6 Å². The lowest BCUT2D eigenvalue weighted by Gasteiger charge is -2.33. The molecule has 16 heavy (non-hydrogen) atoms. The van der Waals surface area contributed by atoms with Crippen molar-refractivity contribution in [3.63, 3.8) is 0 Å². The summed E-state index contributed by atoms with van der Waals surface area (Å²) in [5, 5.41) is 0. The van der Waals surface area contributed by atoms with Crippen LogP contribution in [0.2, 0.25) is 0 Å². The van der Waals surface area contributed by atoms with Gasteiger partial charge in [0.05, 0.1) is 0 Å². The van der Waals surface area contributed by atoms with Gasteiger partial charge in [0.2, 0.25) is 0 Å². The minimum absolute atomic E-state index is 0.449. The summed E-state index contributed by atoms with van der Waals surface area (Å²) in [4.78, 5) is 2.66. The van der Waals surface area contributed by atoms with Crippen LogP contribution < -0.4 is 5.73 Å². The minimum atomic E-state index is 0.449. The normalized spacial score (nSPS) is 26.6. The molecule has 1 aliphatic carbocycles. The Hall–Kier alpha value is -0.0800. The summed E-state index contributed by atoms with van der Waals surface area (Å²) in [5.41, 5.74) is 6.32. The predicted molar refractivity (Wildman–Crippen MR) is 71.5 cm³/mol. The molecule has 0 aliphatic heterocycles. The molecule has 2 N–H and O–H groups in total. The molecule has 2 nitrogen and oxygen atoms in total. The first-order valence-electron chi connectivity index (χ1n) is 6.92. The second kappa shape index (κ2) is 6.02. The molecule has 2 atom stereocenters. The van der Waals surface area contributed by atoms with Crippen LogP contribution in [0.4, 0.5) is 0 Å². The first-order chi connectivity index (χ1) is 7.48. The third kappa shape index (κ3) is 4.06. The Bertz CT molecular complexity index is 195. The molecule has 0 saturated heterocycles. The molecule has 0 aromatic heterocycles. The van der Waals surface area contributed by atoms with E-state index in [1.165, 1.54) is 38.8 Å². The number of rotatable bonds is 5. The second-order valence-corrected chi connectivity index (χ2v) is 6.43. The minimum Gasteiger partial charge on any atom is -0.330 e. The summed E-state index contributed by atoms with van der Waals surface area (Å²) in [5.74, 6) is 0.750. The van der Waals surface area contributed by atoms with Gasteiger partial charge in [0, 0.05) is 6.04 Å². The van der Waals surface area contributed by atoms with Gasteiger partial charge in [-0.3, -0.25) is 0 Å². The Balaban J connectivity index is 2.47. The van der Waals surface area contributed by atoms with Gasteiger partial charge >= 0.3 is 0 Å². The molecule has 0 bridgehead atoms. The van der Waals surface area contributed by atoms with Crippen molar-refractivity contribution in [3.05, 3.63) is 0 Å². The van der Waals surface area contributed by atoms with E-state index in [1.54, 1.807) is 0 Å². The third-order valence-electron chi connectivity index (χ3n) is 3.95. The summed E-state index contributed by atoms with van der Waals surface area (Å²) < 4.78 is 0. The predicted octanol–water partition coefficient (Wildman–Crippen LogP) is 2.87. The summed E-state index contributed by atoms with van der Waals surface area (Å²) in [6, 6.07) is 0.761. The standard InChI is InChI=1S/C14H30N2/c1-5-16(10-9-14(2,3)4)13-8-6-7-12(13)11-15/h12-13H,5-11,15H2,1-4H3. The maximum atomic E-state index is 5.87. The van der Waals surface area contributed by atoms with Crippen LogP contribution in [0.5, 0.6) is 0 Å². The monoisotopic (exact) mass is 226 g/mol. The fraction of sp³-hybridized carbons (Fsp3) is 1.00. The second-order valence-electron chi connectivity index (χ2n) is 6.43. The van der Waals surface area contributed by atoms with Crippen molar-refractivity contribution in [1.29, 1.82) is 0 Å². The Kier molecular flexibility index (Phi) is 5.26. The molecule has 1 fully saturated rings. The molecule has 0 aromatic carbocycles. The van der Waals surface area contributed by atoms with Gasteiger partial charge in [-0.15, -0.1) is 0 Å². The molecule has 96 valence electrons. The van der Waals surface area contributed by atoms with Crippen LogP contribution in [0.15, 0.2) is 0 Å². The summed E-state index contributed by atoms with van der Waals surface area (Å²) in [6.07, 6.45) is 5.36. The molecule has 0 spiro atoms. The van der Waals surface area contributed by atoms with Crippen molar-refractivity contribution in [2.24, 2.45) is 17.1 Å². The van der Waals surface area contributed by atoms with Gasteiger partial charge in [-0.2, -0.15) is 0 Å². The highest BCUT2D eigenvalue weighted by Gasteiger charge is 2.30. The van der Waals surface area contributed by atoms with Gasteiger partial charge < -0.3 is 10.6 Å². The zero-order valence-electron chi connectivity index (χ0n) is 11.6. The van der Waals surface area contributed by atoms with Crippen molar-refractivity contribution in [3.8, 4) is 0 Å². The quantitative estimate of drug-likeness (QED) is 0.781. The largest absolute Gasteiger partial charge is 0.330 e. The van der Waals surface area contributed by atoms with E-state index >= 15 is 0 Å². The van der Waals surface area contributed by atoms with Crippen LogP contribution in [0.1, 0.15) is 53.4 Å². The van der Waals surface area contributed by atoms with Gasteiger partial charge in [-0.1, -0.05) is 34.1 Å². The third-order valence-corrected chi connectivity index (χ3v) is 3.95. The topological polar surface area (TPSA) is 29.3 Å². The van der Waals surface area contributed by atoms with E-state index < -0.39 is 0 Å². The first-order valence-corrected chi connectivity index (χ1v) is 6.92. The fourth-order valence-electron chi connectivity index (χ4n) is 2.81. The molecule has 0 radical (unpaired) electrons. The van der Waals surface area contributed by atoms with E-state index in [9.17, 15) is 0 Å². The average Bonchev–Trinajstić information content (AvgIpc) is 2.65.